The Bertz CT molecular complexity index is 1340. The van der Waals surface area contributed by atoms with Gasteiger partial charge in [0.2, 0.25) is 11.8 Å². The predicted molar refractivity (Wildman–Crippen MR) is 145 cm³/mol. The van der Waals surface area contributed by atoms with Crippen molar-refractivity contribution in [3.8, 4) is 11.4 Å². The number of nitrogens with zero attached hydrogens (tertiary/aromatic N) is 3. The minimum absolute atomic E-state index is 0.00339. The van der Waals surface area contributed by atoms with Gasteiger partial charge in [0, 0.05) is 29.2 Å². The second kappa shape index (κ2) is 11.1. The highest BCUT2D eigenvalue weighted by atomic mass is 32.2. The number of methoxy groups -OCH3 is 1. The largest absolute Gasteiger partial charge is 0.497 e. The van der Waals surface area contributed by atoms with Gasteiger partial charge in [0.1, 0.15) is 29.7 Å². The van der Waals surface area contributed by atoms with Crippen LogP contribution in [0.3, 0.4) is 0 Å². The third-order valence-corrected chi connectivity index (χ3v) is 7.47. The van der Waals surface area contributed by atoms with Crippen molar-refractivity contribution in [2.45, 2.75) is 44.8 Å². The Kier molecular flexibility index (Phi) is 8.10. The van der Waals surface area contributed by atoms with E-state index in [2.05, 4.69) is 5.32 Å². The standard InChI is InChI=1S/C28H32F2N4O3S/c1-6-13-31-22(35)15-33-23(36)16-38-25(20-12-7-17(29)14-21(20)30)24-26(28(2,3)4)32-34(27(24)33)18-8-10-19(37-5)11-9-18/h7-12,14,25H,6,13,15-16H2,1-5H3,(H,31,35)/t25-/m1/s1. The molecule has 0 saturated heterocycles. The fourth-order valence-corrected chi connectivity index (χ4v) is 5.62. The van der Waals surface area contributed by atoms with Gasteiger partial charge >= 0.3 is 0 Å². The normalized spacial score (nSPS) is 15.7. The summed E-state index contributed by atoms with van der Waals surface area (Å²) in [5.74, 6) is -0.936. The summed E-state index contributed by atoms with van der Waals surface area (Å²) in [6, 6.07) is 10.7. The quantitative estimate of drug-likeness (QED) is 0.447. The van der Waals surface area contributed by atoms with Gasteiger partial charge in [0.25, 0.3) is 0 Å². The molecule has 2 aromatic carbocycles. The molecule has 10 heteroatoms. The molecule has 1 aliphatic heterocycles. The maximum atomic E-state index is 15.2. The number of fused-ring (bicyclic) bond motifs is 1. The molecule has 2 amide bonds. The number of hydrogen-bond acceptors (Lipinski definition) is 5. The van der Waals surface area contributed by atoms with Crippen LogP contribution >= 0.6 is 11.8 Å². The molecule has 4 rings (SSSR count). The number of carbonyl (C=O) groups is 2. The Morgan fingerprint density at radius 3 is 2.50 bits per heavy atom. The predicted octanol–water partition coefficient (Wildman–Crippen LogP) is 5.15. The maximum absolute atomic E-state index is 15.2. The van der Waals surface area contributed by atoms with Gasteiger partial charge in [-0.1, -0.05) is 33.8 Å². The minimum Gasteiger partial charge on any atom is -0.497 e. The summed E-state index contributed by atoms with van der Waals surface area (Å²) in [7, 11) is 1.57. The molecule has 0 fully saturated rings. The van der Waals surface area contributed by atoms with Crippen molar-refractivity contribution in [2.24, 2.45) is 0 Å². The first-order valence-corrected chi connectivity index (χ1v) is 13.5. The average molecular weight is 543 g/mol. The molecule has 0 aliphatic carbocycles. The molecule has 0 unspecified atom stereocenters. The van der Waals surface area contributed by atoms with Crippen LogP contribution in [0.5, 0.6) is 5.75 Å². The summed E-state index contributed by atoms with van der Waals surface area (Å²) >= 11 is 1.24. The lowest BCUT2D eigenvalue weighted by molar-refractivity contribution is -0.122. The third kappa shape index (κ3) is 5.55. The van der Waals surface area contributed by atoms with Crippen molar-refractivity contribution < 1.29 is 23.1 Å². The Labute approximate surface area is 225 Å². The van der Waals surface area contributed by atoms with Crippen LogP contribution in [-0.4, -0.2) is 47.5 Å². The van der Waals surface area contributed by atoms with Crippen LogP contribution in [0.25, 0.3) is 5.69 Å². The maximum Gasteiger partial charge on any atom is 0.240 e. The molecule has 0 radical (unpaired) electrons. The highest BCUT2D eigenvalue weighted by molar-refractivity contribution is 8.00. The molecule has 0 saturated carbocycles. The number of halogens is 2. The molecule has 1 aromatic heterocycles. The number of carbonyl (C=O) groups excluding carboxylic acids is 2. The van der Waals surface area contributed by atoms with E-state index in [9.17, 15) is 14.0 Å². The lowest BCUT2D eigenvalue weighted by atomic mass is 9.87. The minimum atomic E-state index is -0.702. The van der Waals surface area contributed by atoms with Crippen molar-refractivity contribution in [1.82, 2.24) is 15.1 Å². The van der Waals surface area contributed by atoms with E-state index in [1.807, 2.05) is 39.8 Å². The van der Waals surface area contributed by atoms with Crippen molar-refractivity contribution in [2.75, 3.05) is 30.9 Å². The molecule has 0 bridgehead atoms. The van der Waals surface area contributed by atoms with E-state index in [-0.39, 0.29) is 29.7 Å². The zero-order valence-corrected chi connectivity index (χ0v) is 23.0. The molecular weight excluding hydrogens is 510 g/mol. The first kappa shape index (κ1) is 27.6. The summed E-state index contributed by atoms with van der Waals surface area (Å²) in [5, 5.41) is 7.13. The molecule has 7 nitrogen and oxygen atoms in total. The van der Waals surface area contributed by atoms with E-state index in [1.165, 1.54) is 28.8 Å². The van der Waals surface area contributed by atoms with Crippen LogP contribution in [0.2, 0.25) is 0 Å². The second-order valence-corrected chi connectivity index (χ2v) is 11.2. The molecule has 38 heavy (non-hydrogen) atoms. The zero-order valence-electron chi connectivity index (χ0n) is 22.2. The van der Waals surface area contributed by atoms with Gasteiger partial charge in [-0.15, -0.1) is 11.8 Å². The van der Waals surface area contributed by atoms with Gasteiger partial charge in [-0.2, -0.15) is 5.10 Å². The van der Waals surface area contributed by atoms with Crippen LogP contribution in [0.1, 0.15) is 56.2 Å². The van der Waals surface area contributed by atoms with Gasteiger partial charge in [-0.25, -0.2) is 13.5 Å². The Hall–Kier alpha value is -3.40. The Morgan fingerprint density at radius 2 is 1.89 bits per heavy atom. The highest BCUT2D eigenvalue weighted by Gasteiger charge is 2.40. The smallest absolute Gasteiger partial charge is 0.240 e. The van der Waals surface area contributed by atoms with E-state index >= 15 is 4.39 Å². The first-order chi connectivity index (χ1) is 18.0. The fourth-order valence-electron chi connectivity index (χ4n) is 4.40. The number of benzene rings is 2. The van der Waals surface area contributed by atoms with Crippen molar-refractivity contribution in [3.05, 3.63) is 70.9 Å². The van der Waals surface area contributed by atoms with E-state index in [1.54, 1.807) is 23.9 Å². The SMILES string of the molecule is CCCNC(=O)CN1C(=O)CS[C@H](c2ccc(F)cc2F)c2c(C(C)(C)C)nn(-c3ccc(OC)cc3)c21. The molecular formula is C28H32F2N4O3S. The number of thioether (sulfide) groups is 1. The monoisotopic (exact) mass is 542 g/mol. The summed E-state index contributed by atoms with van der Waals surface area (Å²) < 4.78 is 36.0. The van der Waals surface area contributed by atoms with Crippen LogP contribution in [0.15, 0.2) is 42.5 Å². The third-order valence-electron chi connectivity index (χ3n) is 6.24. The van der Waals surface area contributed by atoms with Gasteiger partial charge in [-0.3, -0.25) is 14.5 Å². The molecule has 3 aromatic rings. The average Bonchev–Trinajstić information content (AvgIpc) is 3.22. The number of hydrogen-bond donors (Lipinski definition) is 1. The lowest BCUT2D eigenvalue weighted by Gasteiger charge is -2.24. The van der Waals surface area contributed by atoms with Crippen molar-refractivity contribution in [1.29, 1.82) is 0 Å². The van der Waals surface area contributed by atoms with E-state index in [0.717, 1.165) is 12.5 Å². The topological polar surface area (TPSA) is 76.5 Å². The van der Waals surface area contributed by atoms with Gasteiger partial charge in [0.05, 0.1) is 29.5 Å². The highest BCUT2D eigenvalue weighted by Crippen LogP contribution is 2.49. The van der Waals surface area contributed by atoms with Crippen LogP contribution in [-0.2, 0) is 15.0 Å². The van der Waals surface area contributed by atoms with Crippen molar-refractivity contribution in [3.63, 3.8) is 0 Å². The van der Waals surface area contributed by atoms with Gasteiger partial charge < -0.3 is 10.1 Å². The number of aromatic nitrogens is 2. The van der Waals surface area contributed by atoms with E-state index < -0.39 is 22.3 Å². The number of ether oxygens (including phenoxy) is 1. The van der Waals surface area contributed by atoms with Crippen molar-refractivity contribution >= 4 is 29.4 Å². The van der Waals surface area contributed by atoms with Crippen LogP contribution in [0.4, 0.5) is 14.6 Å². The van der Waals surface area contributed by atoms with Crippen LogP contribution in [0, 0.1) is 11.6 Å². The molecule has 2 heterocycles. The molecule has 1 aliphatic rings. The molecule has 0 spiro atoms. The first-order valence-electron chi connectivity index (χ1n) is 12.5. The van der Waals surface area contributed by atoms with Gasteiger partial charge in [0.15, 0.2) is 0 Å². The number of amides is 2. The summed E-state index contributed by atoms with van der Waals surface area (Å²) in [6.45, 7) is 8.18. The lowest BCUT2D eigenvalue weighted by Crippen LogP contribution is -2.42. The summed E-state index contributed by atoms with van der Waals surface area (Å²) in [6.07, 6.45) is 0.755. The Morgan fingerprint density at radius 1 is 1.18 bits per heavy atom. The fraction of sp³-hybridized carbons (Fsp3) is 0.393. The van der Waals surface area contributed by atoms with E-state index in [0.29, 0.717) is 35.1 Å². The molecule has 1 atom stereocenters. The number of nitrogens with one attached hydrogen (secondary N) is 1. The zero-order chi connectivity index (χ0) is 27.6. The van der Waals surface area contributed by atoms with E-state index in [4.69, 9.17) is 9.84 Å². The number of anilines is 1. The summed E-state index contributed by atoms with van der Waals surface area (Å²) in [5.41, 5.74) is 1.67. The number of rotatable bonds is 7. The molecule has 202 valence electrons. The second-order valence-electron chi connectivity index (χ2n) is 10.1. The summed E-state index contributed by atoms with van der Waals surface area (Å²) in [4.78, 5) is 27.8. The molecule has 1 N–H and O–H groups in total. The Balaban J connectivity index is 2.00. The van der Waals surface area contributed by atoms with Crippen LogP contribution < -0.4 is 15.0 Å². The van der Waals surface area contributed by atoms with Gasteiger partial charge in [-0.05, 0) is 36.8 Å².